The van der Waals surface area contributed by atoms with Gasteiger partial charge in [-0.3, -0.25) is 14.1 Å². The van der Waals surface area contributed by atoms with Gasteiger partial charge in [-0.2, -0.15) is 0 Å². The molecule has 3 aliphatic rings. The molecule has 1 atom stereocenters. The fraction of sp³-hybridized carbons (Fsp3) is 0.458. The van der Waals surface area contributed by atoms with Crippen LogP contribution >= 0.6 is 0 Å². The predicted molar refractivity (Wildman–Crippen MR) is 119 cm³/mol. The van der Waals surface area contributed by atoms with E-state index in [4.69, 9.17) is 0 Å². The number of nitrogens with one attached hydrogen (secondary N) is 1. The summed E-state index contributed by atoms with van der Waals surface area (Å²) >= 11 is 0. The molecule has 1 amide bonds. The van der Waals surface area contributed by atoms with Gasteiger partial charge >= 0.3 is 0 Å². The van der Waals surface area contributed by atoms with E-state index in [0.29, 0.717) is 17.3 Å². The maximum atomic E-state index is 14.6. The molecule has 7 nitrogen and oxygen atoms in total. The first kappa shape index (κ1) is 21.4. The van der Waals surface area contributed by atoms with Crippen molar-refractivity contribution in [1.29, 1.82) is 0 Å². The van der Waals surface area contributed by atoms with Gasteiger partial charge in [0.15, 0.2) is 0 Å². The van der Waals surface area contributed by atoms with Crippen LogP contribution in [0.1, 0.15) is 53.8 Å². The number of halogens is 3. The topological polar surface area (TPSA) is 65.8 Å². The third-order valence-electron chi connectivity index (χ3n) is 7.19. The lowest BCUT2D eigenvalue weighted by atomic mass is 9.72. The van der Waals surface area contributed by atoms with E-state index >= 15 is 0 Å². The molecule has 0 radical (unpaired) electrons. The Hall–Kier alpha value is -3.14. The highest BCUT2D eigenvalue weighted by atomic mass is 19.3. The Morgan fingerprint density at radius 1 is 1.15 bits per heavy atom. The van der Waals surface area contributed by atoms with E-state index in [2.05, 4.69) is 20.2 Å². The zero-order chi connectivity index (χ0) is 23.6. The van der Waals surface area contributed by atoms with Crippen molar-refractivity contribution in [1.82, 2.24) is 24.2 Å². The first-order valence-corrected chi connectivity index (χ1v) is 11.5. The normalized spacial score (nSPS) is 20.4. The van der Waals surface area contributed by atoms with Crippen molar-refractivity contribution in [2.75, 3.05) is 31.5 Å². The second kappa shape index (κ2) is 7.69. The molecule has 2 aromatic heterocycles. The number of anilines is 1. The zero-order valence-corrected chi connectivity index (χ0v) is 18.7. The highest BCUT2D eigenvalue weighted by molar-refractivity contribution is 5.93. The van der Waals surface area contributed by atoms with Crippen molar-refractivity contribution >= 4 is 17.5 Å². The maximum Gasteiger partial charge on any atom is 0.274 e. The highest BCUT2D eigenvalue weighted by Gasteiger charge is 2.55. The monoisotopic (exact) mass is 470 g/mol. The van der Waals surface area contributed by atoms with Gasteiger partial charge in [-0.25, -0.2) is 23.1 Å². The zero-order valence-electron chi connectivity index (χ0n) is 18.7. The van der Waals surface area contributed by atoms with Crippen molar-refractivity contribution in [3.63, 3.8) is 0 Å². The number of benzene rings is 1. The molecule has 1 N–H and O–H groups in total. The molecule has 6 rings (SSSR count). The summed E-state index contributed by atoms with van der Waals surface area (Å²) in [5, 5.41) is 3.07. The molecule has 3 aromatic rings. The van der Waals surface area contributed by atoms with Gasteiger partial charge in [-0.1, -0.05) is 18.2 Å². The molecule has 1 aliphatic carbocycles. The smallest absolute Gasteiger partial charge is 0.274 e. The Bertz CT molecular complexity index is 1260. The minimum absolute atomic E-state index is 0.111. The van der Waals surface area contributed by atoms with Gasteiger partial charge in [0, 0.05) is 55.6 Å². The fourth-order valence-corrected chi connectivity index (χ4v) is 5.25. The number of hydrogen-bond acceptors (Lipinski definition) is 5. The quantitative estimate of drug-likeness (QED) is 0.592. The van der Waals surface area contributed by atoms with Gasteiger partial charge in [-0.05, 0) is 25.8 Å². The molecular formula is C24H25F3N6O. The molecule has 0 bridgehead atoms. The minimum Gasteiger partial charge on any atom is -0.349 e. The molecule has 0 unspecified atom stereocenters. The van der Waals surface area contributed by atoms with Gasteiger partial charge in [-0.15, -0.1) is 0 Å². The average Bonchev–Trinajstić information content (AvgIpc) is 3.48. The largest absolute Gasteiger partial charge is 0.349 e. The number of rotatable bonds is 6. The number of nitrogens with zero attached hydrogens (tertiary/aromatic N) is 5. The standard InChI is InChI=1S/C24H25F3N6O/c1-14(16-3-2-4-17(20(16)25)21(26)27)29-23-28-8-7-19-30-18(9-33(19)23)22(34)32-12-24(13-32)10-31(11-24)15-5-6-15/h2-4,7-9,14-15,21H,5-6,10-13H2,1H3,(H,28,29)/t14-/m1/s1. The molecule has 4 heterocycles. The third-order valence-corrected chi connectivity index (χ3v) is 7.19. The van der Waals surface area contributed by atoms with Crippen LogP contribution in [0, 0.1) is 11.2 Å². The molecule has 34 heavy (non-hydrogen) atoms. The molecule has 2 saturated heterocycles. The van der Waals surface area contributed by atoms with Crippen LogP contribution in [0.2, 0.25) is 0 Å². The Morgan fingerprint density at radius 3 is 2.59 bits per heavy atom. The summed E-state index contributed by atoms with van der Waals surface area (Å²) in [6.07, 6.45) is 2.86. The second-order valence-corrected chi connectivity index (χ2v) is 9.84. The molecule has 2 aliphatic heterocycles. The number of fused-ring (bicyclic) bond motifs is 1. The van der Waals surface area contributed by atoms with Crippen LogP contribution in [0.4, 0.5) is 19.1 Å². The SMILES string of the molecule is C[C@@H](Nc1nccc2nc(C(=O)N3CC4(C3)CN(C3CC3)C4)cn12)c1cccc(C(F)F)c1F. The highest BCUT2D eigenvalue weighted by Crippen LogP contribution is 2.45. The minimum atomic E-state index is -2.90. The Balaban J connectivity index is 1.18. The number of imidazole rings is 1. The molecule has 1 saturated carbocycles. The van der Waals surface area contributed by atoms with Crippen molar-refractivity contribution in [2.24, 2.45) is 5.41 Å². The molecule has 3 fully saturated rings. The lowest BCUT2D eigenvalue weighted by Crippen LogP contribution is -2.73. The van der Waals surface area contributed by atoms with E-state index in [1.165, 1.54) is 31.2 Å². The molecular weight excluding hydrogens is 445 g/mol. The summed E-state index contributed by atoms with van der Waals surface area (Å²) < 4.78 is 42.4. The van der Waals surface area contributed by atoms with Gasteiger partial charge in [0.1, 0.15) is 17.2 Å². The van der Waals surface area contributed by atoms with Crippen molar-refractivity contribution < 1.29 is 18.0 Å². The van der Waals surface area contributed by atoms with E-state index < -0.39 is 23.8 Å². The van der Waals surface area contributed by atoms with E-state index in [1.54, 1.807) is 23.6 Å². The van der Waals surface area contributed by atoms with Crippen LogP contribution in [0.15, 0.2) is 36.7 Å². The molecule has 1 aromatic carbocycles. The Labute approximate surface area is 194 Å². The number of amides is 1. The number of alkyl halides is 2. The van der Waals surface area contributed by atoms with Gasteiger partial charge in [0.2, 0.25) is 5.95 Å². The van der Waals surface area contributed by atoms with E-state index in [0.717, 1.165) is 38.3 Å². The first-order chi connectivity index (χ1) is 16.3. The van der Waals surface area contributed by atoms with Crippen molar-refractivity contribution in [3.8, 4) is 0 Å². The van der Waals surface area contributed by atoms with E-state index in [-0.39, 0.29) is 16.9 Å². The summed E-state index contributed by atoms with van der Waals surface area (Å²) in [6, 6.07) is 5.76. The summed E-state index contributed by atoms with van der Waals surface area (Å²) in [7, 11) is 0. The van der Waals surface area contributed by atoms with Gasteiger partial charge in [0.25, 0.3) is 12.3 Å². The lowest BCUT2D eigenvalue weighted by molar-refractivity contribution is -0.102. The van der Waals surface area contributed by atoms with E-state index in [1.807, 2.05) is 4.90 Å². The van der Waals surface area contributed by atoms with Crippen LogP contribution < -0.4 is 5.32 Å². The van der Waals surface area contributed by atoms with Crippen LogP contribution in [0.25, 0.3) is 5.65 Å². The molecule has 1 spiro atoms. The summed E-state index contributed by atoms with van der Waals surface area (Å²) in [5.74, 6) is -0.708. The van der Waals surface area contributed by atoms with Crippen LogP contribution in [-0.2, 0) is 0 Å². The second-order valence-electron chi connectivity index (χ2n) is 9.84. The number of aromatic nitrogens is 3. The van der Waals surface area contributed by atoms with Crippen LogP contribution in [0.5, 0.6) is 0 Å². The number of carbonyl (C=O) groups is 1. The van der Waals surface area contributed by atoms with Gasteiger partial charge < -0.3 is 10.2 Å². The summed E-state index contributed by atoms with van der Waals surface area (Å²) in [4.78, 5) is 26.1. The Kier molecular flexibility index (Phi) is 4.84. The van der Waals surface area contributed by atoms with Crippen molar-refractivity contribution in [3.05, 3.63) is 59.3 Å². The fourth-order valence-electron chi connectivity index (χ4n) is 5.25. The first-order valence-electron chi connectivity index (χ1n) is 11.5. The summed E-state index contributed by atoms with van der Waals surface area (Å²) in [5.41, 5.74) is 0.570. The van der Waals surface area contributed by atoms with Crippen LogP contribution in [0.3, 0.4) is 0 Å². The molecule has 10 heteroatoms. The maximum absolute atomic E-state index is 14.6. The lowest BCUT2D eigenvalue weighted by Gasteiger charge is -2.60. The number of likely N-dealkylation sites (tertiary alicyclic amines) is 2. The third kappa shape index (κ3) is 3.51. The average molecular weight is 470 g/mol. The van der Waals surface area contributed by atoms with E-state index in [9.17, 15) is 18.0 Å². The van der Waals surface area contributed by atoms with Crippen LogP contribution in [-0.4, -0.2) is 62.3 Å². The molecule has 178 valence electrons. The number of hydrogen-bond donors (Lipinski definition) is 1. The summed E-state index contributed by atoms with van der Waals surface area (Å²) in [6.45, 7) is 5.32. The number of carbonyl (C=O) groups excluding carboxylic acids is 1. The predicted octanol–water partition coefficient (Wildman–Crippen LogP) is 3.90. The van der Waals surface area contributed by atoms with Crippen molar-refractivity contribution in [2.45, 2.75) is 38.3 Å². The Morgan fingerprint density at radius 2 is 1.88 bits per heavy atom. The van der Waals surface area contributed by atoms with Gasteiger partial charge in [0.05, 0.1) is 11.6 Å².